The van der Waals surface area contributed by atoms with Gasteiger partial charge in [-0.05, 0) is 23.1 Å². The Morgan fingerprint density at radius 3 is 2.62 bits per heavy atom. The Bertz CT molecular complexity index is 957. The second kappa shape index (κ2) is 4.42. The van der Waals surface area contributed by atoms with E-state index in [2.05, 4.69) is 25.8 Å². The fourth-order valence-electron chi connectivity index (χ4n) is 2.26. The maximum absolute atomic E-state index is 12.6. The molecule has 0 N–H and O–H groups in total. The quantitative estimate of drug-likeness (QED) is 0.590. The number of rotatable bonds is 0. The van der Waals surface area contributed by atoms with Crippen molar-refractivity contribution in [2.24, 2.45) is 0 Å². The standard InChI is InChI=1S/C17H14N2O2/c1-17(2,3)11-4-5-13-12(7-11)16(20)15-14(21-13)6-10(8-18)9-19-15/h4-7,9H,1-3H3. The van der Waals surface area contributed by atoms with Crippen molar-refractivity contribution in [2.75, 3.05) is 0 Å². The molecule has 0 aliphatic carbocycles. The monoisotopic (exact) mass is 278 g/mol. The molecule has 0 aliphatic rings. The highest BCUT2D eigenvalue weighted by atomic mass is 16.3. The van der Waals surface area contributed by atoms with Crippen LogP contribution in [0.5, 0.6) is 0 Å². The predicted octanol–water partition coefficient (Wildman–Crippen LogP) is 3.51. The number of fused-ring (bicyclic) bond motifs is 2. The van der Waals surface area contributed by atoms with E-state index in [1.54, 1.807) is 12.1 Å². The van der Waals surface area contributed by atoms with Gasteiger partial charge >= 0.3 is 0 Å². The molecule has 3 aromatic rings. The van der Waals surface area contributed by atoms with Gasteiger partial charge in [-0.2, -0.15) is 5.26 Å². The Hall–Kier alpha value is -2.67. The number of hydrogen-bond acceptors (Lipinski definition) is 4. The number of pyridine rings is 1. The van der Waals surface area contributed by atoms with Crippen LogP contribution in [0.3, 0.4) is 0 Å². The highest BCUT2D eigenvalue weighted by molar-refractivity contribution is 5.88. The smallest absolute Gasteiger partial charge is 0.218 e. The summed E-state index contributed by atoms with van der Waals surface area (Å²) in [5.41, 5.74) is 2.33. The van der Waals surface area contributed by atoms with Crippen LogP contribution in [0.1, 0.15) is 31.9 Å². The number of nitrogens with zero attached hydrogens (tertiary/aromatic N) is 2. The van der Waals surface area contributed by atoms with Crippen LogP contribution in [-0.4, -0.2) is 4.98 Å². The van der Waals surface area contributed by atoms with Crippen molar-refractivity contribution in [3.8, 4) is 6.07 Å². The topological polar surface area (TPSA) is 66.9 Å². The Morgan fingerprint density at radius 1 is 1.19 bits per heavy atom. The molecule has 0 amide bonds. The zero-order valence-corrected chi connectivity index (χ0v) is 12.1. The number of nitriles is 1. The molecule has 4 heteroatoms. The van der Waals surface area contributed by atoms with Crippen LogP contribution >= 0.6 is 0 Å². The summed E-state index contributed by atoms with van der Waals surface area (Å²) < 4.78 is 5.72. The molecule has 2 aromatic heterocycles. The molecule has 0 saturated carbocycles. The molecule has 2 heterocycles. The van der Waals surface area contributed by atoms with E-state index in [1.807, 2.05) is 18.2 Å². The summed E-state index contributed by atoms with van der Waals surface area (Å²) >= 11 is 0. The largest absolute Gasteiger partial charge is 0.454 e. The first-order chi connectivity index (χ1) is 9.90. The lowest BCUT2D eigenvalue weighted by Gasteiger charge is -2.19. The predicted molar refractivity (Wildman–Crippen MR) is 81.2 cm³/mol. The van der Waals surface area contributed by atoms with Crippen molar-refractivity contribution in [2.45, 2.75) is 26.2 Å². The molecule has 0 unspecified atom stereocenters. The number of aromatic nitrogens is 1. The van der Waals surface area contributed by atoms with Gasteiger partial charge in [-0.25, -0.2) is 4.98 Å². The molecule has 0 aliphatic heterocycles. The molecule has 0 spiro atoms. The minimum atomic E-state index is -0.165. The molecule has 4 nitrogen and oxygen atoms in total. The third-order valence-corrected chi connectivity index (χ3v) is 3.51. The third kappa shape index (κ3) is 2.17. The summed E-state index contributed by atoms with van der Waals surface area (Å²) in [7, 11) is 0. The van der Waals surface area contributed by atoms with E-state index in [4.69, 9.17) is 9.68 Å². The lowest BCUT2D eigenvalue weighted by atomic mass is 9.86. The second-order valence-electron chi connectivity index (χ2n) is 6.07. The summed E-state index contributed by atoms with van der Waals surface area (Å²) in [5.74, 6) is 0. The normalized spacial score (nSPS) is 11.7. The fraction of sp³-hybridized carbons (Fsp3) is 0.235. The van der Waals surface area contributed by atoms with Crippen molar-refractivity contribution >= 4 is 22.1 Å². The van der Waals surface area contributed by atoms with Crippen LogP contribution in [0, 0.1) is 11.3 Å². The molecular formula is C17H14N2O2. The molecule has 104 valence electrons. The van der Waals surface area contributed by atoms with E-state index in [0.717, 1.165) is 5.56 Å². The second-order valence-corrected chi connectivity index (χ2v) is 6.07. The van der Waals surface area contributed by atoms with Gasteiger partial charge in [-0.15, -0.1) is 0 Å². The lowest BCUT2D eigenvalue weighted by Crippen LogP contribution is -2.12. The Balaban J connectivity index is 2.40. The molecule has 0 fully saturated rings. The van der Waals surface area contributed by atoms with Crippen LogP contribution in [0.2, 0.25) is 0 Å². The van der Waals surface area contributed by atoms with Gasteiger partial charge in [0, 0.05) is 12.3 Å². The first-order valence-electron chi connectivity index (χ1n) is 6.67. The van der Waals surface area contributed by atoms with Crippen LogP contribution in [0.25, 0.3) is 22.1 Å². The molecule has 0 atom stereocenters. The van der Waals surface area contributed by atoms with Gasteiger partial charge in [-0.3, -0.25) is 4.79 Å². The van der Waals surface area contributed by atoms with E-state index >= 15 is 0 Å². The van der Waals surface area contributed by atoms with Crippen LogP contribution in [-0.2, 0) is 5.41 Å². The highest BCUT2D eigenvalue weighted by Crippen LogP contribution is 2.26. The van der Waals surface area contributed by atoms with Crippen LogP contribution in [0.4, 0.5) is 0 Å². The Morgan fingerprint density at radius 2 is 1.95 bits per heavy atom. The average molecular weight is 278 g/mol. The van der Waals surface area contributed by atoms with Gasteiger partial charge in [0.25, 0.3) is 0 Å². The van der Waals surface area contributed by atoms with E-state index in [1.165, 1.54) is 6.20 Å². The SMILES string of the molecule is CC(C)(C)c1ccc2oc3cc(C#N)cnc3c(=O)c2c1. The maximum atomic E-state index is 12.6. The van der Waals surface area contributed by atoms with Gasteiger partial charge in [0.1, 0.15) is 11.7 Å². The van der Waals surface area contributed by atoms with Gasteiger partial charge in [0.2, 0.25) is 5.43 Å². The molecule has 0 bridgehead atoms. The summed E-state index contributed by atoms with van der Waals surface area (Å²) in [6.45, 7) is 6.27. The van der Waals surface area contributed by atoms with Crippen LogP contribution in [0.15, 0.2) is 39.7 Å². The fourth-order valence-corrected chi connectivity index (χ4v) is 2.26. The Labute approximate surface area is 121 Å². The van der Waals surface area contributed by atoms with Gasteiger partial charge in [0.05, 0.1) is 10.9 Å². The molecule has 1 aromatic carbocycles. The van der Waals surface area contributed by atoms with Crippen molar-refractivity contribution < 1.29 is 4.42 Å². The third-order valence-electron chi connectivity index (χ3n) is 3.51. The minimum absolute atomic E-state index is 0.0479. The molecule has 21 heavy (non-hydrogen) atoms. The maximum Gasteiger partial charge on any atom is 0.218 e. The Kier molecular flexibility index (Phi) is 2.80. The minimum Gasteiger partial charge on any atom is -0.454 e. The number of benzene rings is 1. The van der Waals surface area contributed by atoms with Crippen LogP contribution < -0.4 is 5.43 Å². The van der Waals surface area contributed by atoms with E-state index in [0.29, 0.717) is 22.1 Å². The average Bonchev–Trinajstić information content (AvgIpc) is 2.45. The van der Waals surface area contributed by atoms with Gasteiger partial charge in [-0.1, -0.05) is 26.8 Å². The van der Waals surface area contributed by atoms with Crippen molar-refractivity contribution in [1.82, 2.24) is 4.98 Å². The van der Waals surface area contributed by atoms with E-state index < -0.39 is 0 Å². The first kappa shape index (κ1) is 13.3. The van der Waals surface area contributed by atoms with Crippen molar-refractivity contribution in [1.29, 1.82) is 5.26 Å². The molecule has 3 rings (SSSR count). The lowest BCUT2D eigenvalue weighted by molar-refractivity contribution is 0.590. The van der Waals surface area contributed by atoms with Gasteiger partial charge in [0.15, 0.2) is 11.1 Å². The van der Waals surface area contributed by atoms with E-state index in [-0.39, 0.29) is 16.4 Å². The summed E-state index contributed by atoms with van der Waals surface area (Å²) in [6, 6.07) is 9.15. The zero-order chi connectivity index (χ0) is 15.2. The van der Waals surface area contributed by atoms with Gasteiger partial charge < -0.3 is 4.42 Å². The summed E-state index contributed by atoms with van der Waals surface area (Å²) in [5, 5.41) is 9.42. The number of hydrogen-bond donors (Lipinski definition) is 0. The van der Waals surface area contributed by atoms with Crippen molar-refractivity contribution in [3.05, 3.63) is 51.8 Å². The zero-order valence-electron chi connectivity index (χ0n) is 12.1. The summed E-state index contributed by atoms with van der Waals surface area (Å²) in [4.78, 5) is 16.6. The van der Waals surface area contributed by atoms with E-state index in [9.17, 15) is 4.79 Å². The summed E-state index contributed by atoms with van der Waals surface area (Å²) in [6.07, 6.45) is 1.39. The highest BCUT2D eigenvalue weighted by Gasteiger charge is 2.16. The molecular weight excluding hydrogens is 264 g/mol. The first-order valence-corrected chi connectivity index (χ1v) is 6.67. The molecule has 0 saturated heterocycles. The molecule has 0 radical (unpaired) electrons. The van der Waals surface area contributed by atoms with Crippen molar-refractivity contribution in [3.63, 3.8) is 0 Å².